The lowest BCUT2D eigenvalue weighted by Gasteiger charge is -2.32. The number of anilines is 2. The number of piperazine rings is 1. The maximum absolute atomic E-state index is 12.6. The monoisotopic (exact) mass is 451 g/mol. The molecule has 3 aromatic rings. The fraction of sp³-hybridized carbons (Fsp3) is 0.333. The minimum absolute atomic E-state index is 0.0535. The molecule has 1 aliphatic heterocycles. The van der Waals surface area contributed by atoms with Crippen molar-refractivity contribution in [2.24, 2.45) is 0 Å². The van der Waals surface area contributed by atoms with E-state index in [0.717, 1.165) is 60.2 Å². The second-order valence-electron chi connectivity index (χ2n) is 8.03. The number of ether oxygens (including phenoxy) is 1. The second-order valence-corrected chi connectivity index (χ2v) is 8.95. The smallest absolute Gasteiger partial charge is 0.229 e. The third-order valence-electron chi connectivity index (χ3n) is 5.51. The summed E-state index contributed by atoms with van der Waals surface area (Å²) in [5.74, 6) is 1.23. The van der Waals surface area contributed by atoms with Gasteiger partial charge in [-0.1, -0.05) is 12.1 Å². The van der Waals surface area contributed by atoms with Gasteiger partial charge in [-0.2, -0.15) is 0 Å². The summed E-state index contributed by atoms with van der Waals surface area (Å²) in [7, 11) is 2.16. The molecular weight excluding hydrogens is 422 g/mol. The van der Waals surface area contributed by atoms with E-state index in [1.807, 2.05) is 47.8 Å². The third kappa shape index (κ3) is 6.29. The van der Waals surface area contributed by atoms with Crippen molar-refractivity contribution in [1.82, 2.24) is 14.8 Å². The first-order valence-corrected chi connectivity index (χ1v) is 11.7. The molecule has 0 bridgehead atoms. The molecule has 168 valence electrons. The van der Waals surface area contributed by atoms with Crippen LogP contribution in [0.3, 0.4) is 0 Å². The number of nitrogens with one attached hydrogen (secondary N) is 1. The molecule has 1 amide bonds. The number of rotatable bonds is 8. The number of likely N-dealkylation sites (N-methyl/N-ethyl adjacent to an activating group) is 1. The van der Waals surface area contributed by atoms with Crippen LogP contribution in [-0.4, -0.2) is 67.1 Å². The van der Waals surface area contributed by atoms with E-state index in [4.69, 9.17) is 10.5 Å². The highest BCUT2D eigenvalue weighted by Crippen LogP contribution is 2.29. The molecule has 3 heterocycles. The van der Waals surface area contributed by atoms with E-state index in [0.29, 0.717) is 18.8 Å². The van der Waals surface area contributed by atoms with Crippen molar-refractivity contribution in [3.8, 4) is 16.9 Å². The summed E-state index contributed by atoms with van der Waals surface area (Å²) in [4.78, 5) is 21.3. The summed E-state index contributed by atoms with van der Waals surface area (Å²) in [5.41, 5.74) is 8.68. The van der Waals surface area contributed by atoms with Gasteiger partial charge in [0.2, 0.25) is 5.91 Å². The van der Waals surface area contributed by atoms with Gasteiger partial charge in [-0.05, 0) is 54.1 Å². The van der Waals surface area contributed by atoms with Gasteiger partial charge in [0.25, 0.3) is 0 Å². The molecule has 0 radical (unpaired) electrons. The zero-order valence-electron chi connectivity index (χ0n) is 18.3. The van der Waals surface area contributed by atoms with Crippen LogP contribution in [0.25, 0.3) is 11.1 Å². The maximum atomic E-state index is 12.6. The number of nitrogens with two attached hydrogens (primary N) is 1. The van der Waals surface area contributed by atoms with E-state index in [2.05, 4.69) is 27.1 Å². The van der Waals surface area contributed by atoms with Crippen LogP contribution in [0.2, 0.25) is 0 Å². The molecule has 1 aliphatic rings. The molecule has 32 heavy (non-hydrogen) atoms. The zero-order chi connectivity index (χ0) is 22.3. The molecular formula is C24H29N5O2S. The molecule has 1 fully saturated rings. The van der Waals surface area contributed by atoms with Gasteiger partial charge in [0.15, 0.2) is 0 Å². The fourth-order valence-corrected chi connectivity index (χ4v) is 4.48. The first-order valence-electron chi connectivity index (χ1n) is 10.8. The number of hydrogen-bond acceptors (Lipinski definition) is 7. The van der Waals surface area contributed by atoms with Gasteiger partial charge >= 0.3 is 0 Å². The number of carbonyl (C=O) groups excluding carboxylic acids is 1. The van der Waals surface area contributed by atoms with Crippen molar-refractivity contribution in [3.05, 3.63) is 59.6 Å². The Hall–Kier alpha value is -2.94. The molecule has 1 saturated heterocycles. The number of amides is 1. The summed E-state index contributed by atoms with van der Waals surface area (Å²) < 4.78 is 5.94. The topological polar surface area (TPSA) is 83.7 Å². The molecule has 8 heteroatoms. The van der Waals surface area contributed by atoms with Crippen LogP contribution in [0, 0.1) is 0 Å². The number of pyridine rings is 1. The van der Waals surface area contributed by atoms with Gasteiger partial charge in [-0.25, -0.2) is 4.98 Å². The highest BCUT2D eigenvalue weighted by atomic mass is 32.1. The Balaban J connectivity index is 1.26. The lowest BCUT2D eigenvalue weighted by Crippen LogP contribution is -2.45. The predicted octanol–water partition coefficient (Wildman–Crippen LogP) is 3.20. The Bertz CT molecular complexity index is 1050. The summed E-state index contributed by atoms with van der Waals surface area (Å²) in [5, 5.41) is 5.79. The lowest BCUT2D eigenvalue weighted by atomic mass is 10.1. The number of aromatic nitrogens is 1. The van der Waals surface area contributed by atoms with Gasteiger partial charge in [0.1, 0.15) is 18.2 Å². The van der Waals surface area contributed by atoms with Crippen molar-refractivity contribution < 1.29 is 9.53 Å². The standard InChI is InChI=1S/C24H29N5O2S/c1-28-7-9-29(10-8-28)11-12-31-21-4-2-3-18(13-21)14-23(30)27-24-16-20(17-32-24)19-5-6-26-22(25)15-19/h2-6,13,15-17H,7-12,14H2,1H3,(H2,25,26)(H,27,30). The Morgan fingerprint density at radius 1 is 1.16 bits per heavy atom. The Kier molecular flexibility index (Phi) is 7.36. The van der Waals surface area contributed by atoms with Gasteiger partial charge in [0, 0.05) is 44.3 Å². The van der Waals surface area contributed by atoms with E-state index in [1.165, 1.54) is 11.3 Å². The zero-order valence-corrected chi connectivity index (χ0v) is 19.1. The predicted molar refractivity (Wildman–Crippen MR) is 130 cm³/mol. The average molecular weight is 452 g/mol. The first-order chi connectivity index (χ1) is 15.5. The molecule has 0 atom stereocenters. The average Bonchev–Trinajstić information content (AvgIpc) is 3.24. The summed E-state index contributed by atoms with van der Waals surface area (Å²) >= 11 is 1.49. The number of carbonyl (C=O) groups is 1. The number of hydrogen-bond donors (Lipinski definition) is 2. The largest absolute Gasteiger partial charge is 0.492 e. The number of thiophene rings is 1. The highest BCUT2D eigenvalue weighted by molar-refractivity contribution is 7.14. The Labute approximate surface area is 192 Å². The van der Waals surface area contributed by atoms with Crippen molar-refractivity contribution in [1.29, 1.82) is 0 Å². The number of nitrogen functional groups attached to an aromatic ring is 1. The summed E-state index contributed by atoms with van der Waals surface area (Å²) in [6.07, 6.45) is 1.98. The van der Waals surface area contributed by atoms with Crippen LogP contribution in [-0.2, 0) is 11.2 Å². The van der Waals surface area contributed by atoms with E-state index in [-0.39, 0.29) is 5.91 Å². The van der Waals surface area contributed by atoms with Crippen LogP contribution in [0.4, 0.5) is 10.8 Å². The molecule has 1 aromatic carbocycles. The molecule has 0 unspecified atom stereocenters. The third-order valence-corrected chi connectivity index (χ3v) is 6.36. The number of nitrogens with zero attached hydrogens (tertiary/aromatic N) is 3. The van der Waals surface area contributed by atoms with E-state index in [1.54, 1.807) is 6.20 Å². The van der Waals surface area contributed by atoms with E-state index < -0.39 is 0 Å². The van der Waals surface area contributed by atoms with Crippen LogP contribution >= 0.6 is 11.3 Å². The van der Waals surface area contributed by atoms with Crippen molar-refractivity contribution >= 4 is 28.1 Å². The van der Waals surface area contributed by atoms with Crippen molar-refractivity contribution in [3.63, 3.8) is 0 Å². The van der Waals surface area contributed by atoms with Crippen molar-refractivity contribution in [2.45, 2.75) is 6.42 Å². The SMILES string of the molecule is CN1CCN(CCOc2cccc(CC(=O)Nc3cc(-c4ccnc(N)c4)cs3)c2)CC1. The molecule has 4 rings (SSSR count). The van der Waals surface area contributed by atoms with E-state index in [9.17, 15) is 4.79 Å². The van der Waals surface area contributed by atoms with Gasteiger partial charge in [-0.3, -0.25) is 9.69 Å². The van der Waals surface area contributed by atoms with Gasteiger partial charge < -0.3 is 20.7 Å². The normalized spacial score (nSPS) is 14.9. The Morgan fingerprint density at radius 2 is 2.00 bits per heavy atom. The van der Waals surface area contributed by atoms with Crippen LogP contribution in [0.5, 0.6) is 5.75 Å². The second kappa shape index (κ2) is 10.6. The minimum Gasteiger partial charge on any atom is -0.492 e. The summed E-state index contributed by atoms with van der Waals surface area (Å²) in [6.45, 7) is 5.94. The lowest BCUT2D eigenvalue weighted by molar-refractivity contribution is -0.115. The molecule has 3 N–H and O–H groups in total. The van der Waals surface area contributed by atoms with Crippen LogP contribution < -0.4 is 15.8 Å². The molecule has 0 saturated carbocycles. The van der Waals surface area contributed by atoms with Gasteiger partial charge in [0.05, 0.1) is 11.4 Å². The quantitative estimate of drug-likeness (QED) is 0.547. The fourth-order valence-electron chi connectivity index (χ4n) is 3.66. The molecule has 7 nitrogen and oxygen atoms in total. The molecule has 0 aliphatic carbocycles. The molecule has 0 spiro atoms. The number of benzene rings is 1. The van der Waals surface area contributed by atoms with Gasteiger partial charge in [-0.15, -0.1) is 11.3 Å². The maximum Gasteiger partial charge on any atom is 0.229 e. The summed E-state index contributed by atoms with van der Waals surface area (Å²) in [6, 6.07) is 13.5. The minimum atomic E-state index is -0.0535. The highest BCUT2D eigenvalue weighted by Gasteiger charge is 2.13. The Morgan fingerprint density at radius 3 is 2.81 bits per heavy atom. The van der Waals surface area contributed by atoms with E-state index >= 15 is 0 Å². The van der Waals surface area contributed by atoms with Crippen LogP contribution in [0.1, 0.15) is 5.56 Å². The van der Waals surface area contributed by atoms with Crippen molar-refractivity contribution in [2.75, 3.05) is 57.4 Å². The van der Waals surface area contributed by atoms with Crippen LogP contribution in [0.15, 0.2) is 54.0 Å². The molecule has 2 aromatic heterocycles. The first kappa shape index (κ1) is 22.3.